The summed E-state index contributed by atoms with van der Waals surface area (Å²) in [6.45, 7) is 5.80. The Morgan fingerprint density at radius 3 is 2.43 bits per heavy atom. The number of piperazine rings is 1. The number of amides is 1. The second-order valence-corrected chi connectivity index (χ2v) is 6.10. The number of rotatable bonds is 3. The minimum absolute atomic E-state index is 0.585. The van der Waals surface area contributed by atoms with Gasteiger partial charge in [-0.25, -0.2) is 4.79 Å². The van der Waals surface area contributed by atoms with Crippen LogP contribution < -0.4 is 4.90 Å². The summed E-state index contributed by atoms with van der Waals surface area (Å²) in [5, 5.41) is 9.76. The molecule has 6 heteroatoms. The van der Waals surface area contributed by atoms with Crippen LogP contribution in [0.15, 0.2) is 18.2 Å². The molecule has 2 aliphatic rings. The third-order valence-corrected chi connectivity index (χ3v) is 4.52. The Balaban J connectivity index is 1.66. The van der Waals surface area contributed by atoms with Crippen LogP contribution in [-0.4, -0.2) is 60.3 Å². The molecule has 1 aromatic rings. The summed E-state index contributed by atoms with van der Waals surface area (Å²) in [6, 6.07) is 6.08. The molecule has 1 N–H and O–H groups in total. The van der Waals surface area contributed by atoms with Gasteiger partial charge in [0.2, 0.25) is 0 Å². The summed E-state index contributed by atoms with van der Waals surface area (Å²) in [5.41, 5.74) is 2.51. The third-order valence-electron chi connectivity index (χ3n) is 4.28. The van der Waals surface area contributed by atoms with E-state index < -0.39 is 6.09 Å². The lowest BCUT2D eigenvalue weighted by Crippen LogP contribution is -2.48. The predicted molar refractivity (Wildman–Crippen MR) is 83.2 cm³/mol. The van der Waals surface area contributed by atoms with Gasteiger partial charge < -0.3 is 14.9 Å². The highest BCUT2D eigenvalue weighted by atomic mass is 35.5. The van der Waals surface area contributed by atoms with E-state index in [-0.39, 0.29) is 0 Å². The predicted octanol–water partition coefficient (Wildman–Crippen LogP) is 2.35. The van der Waals surface area contributed by atoms with Crippen molar-refractivity contribution in [2.75, 3.05) is 44.2 Å². The fraction of sp³-hybridized carbons (Fsp3) is 0.533. The maximum absolute atomic E-state index is 10.9. The number of hydrogen-bond donors (Lipinski definition) is 1. The molecule has 1 amide bonds. The fourth-order valence-corrected chi connectivity index (χ4v) is 3.03. The molecule has 0 bridgehead atoms. The normalized spacial score (nSPS) is 19.5. The number of carbonyl (C=O) groups is 1. The van der Waals surface area contributed by atoms with Crippen LogP contribution in [0.5, 0.6) is 0 Å². The van der Waals surface area contributed by atoms with Gasteiger partial charge in [0.05, 0.1) is 0 Å². The minimum atomic E-state index is -0.817. The summed E-state index contributed by atoms with van der Waals surface area (Å²) in [5.74, 6) is 0. The summed E-state index contributed by atoms with van der Waals surface area (Å²) in [7, 11) is 0. The molecular formula is C15H20ClN3O2. The quantitative estimate of drug-likeness (QED) is 0.931. The zero-order chi connectivity index (χ0) is 14.8. The first kappa shape index (κ1) is 14.5. The van der Waals surface area contributed by atoms with E-state index in [0.717, 1.165) is 37.7 Å². The smallest absolute Gasteiger partial charge is 0.407 e. The van der Waals surface area contributed by atoms with Crippen LogP contribution in [0.25, 0.3) is 0 Å². The molecule has 114 valence electrons. The Kier molecular flexibility index (Phi) is 4.22. The van der Waals surface area contributed by atoms with Crippen LogP contribution in [0, 0.1) is 0 Å². The van der Waals surface area contributed by atoms with E-state index in [0.29, 0.717) is 13.1 Å². The van der Waals surface area contributed by atoms with Crippen LogP contribution >= 0.6 is 11.6 Å². The molecule has 2 heterocycles. The molecule has 2 aliphatic heterocycles. The zero-order valence-corrected chi connectivity index (χ0v) is 12.7. The van der Waals surface area contributed by atoms with Gasteiger partial charge in [-0.15, -0.1) is 0 Å². The number of carboxylic acid groups (broad SMARTS) is 1. The Labute approximate surface area is 129 Å². The van der Waals surface area contributed by atoms with Crippen LogP contribution in [0.2, 0.25) is 5.02 Å². The van der Waals surface area contributed by atoms with E-state index in [1.807, 2.05) is 12.1 Å². The maximum Gasteiger partial charge on any atom is 0.407 e. The Morgan fingerprint density at radius 1 is 1.14 bits per heavy atom. The van der Waals surface area contributed by atoms with Gasteiger partial charge in [0.15, 0.2) is 0 Å². The second kappa shape index (κ2) is 6.12. The van der Waals surface area contributed by atoms with E-state index in [4.69, 9.17) is 16.7 Å². The minimum Gasteiger partial charge on any atom is -0.465 e. The molecule has 0 aliphatic carbocycles. The van der Waals surface area contributed by atoms with Gasteiger partial charge in [0.1, 0.15) is 0 Å². The lowest BCUT2D eigenvalue weighted by Gasteiger charge is -2.37. The van der Waals surface area contributed by atoms with Crippen molar-refractivity contribution in [1.29, 1.82) is 0 Å². The summed E-state index contributed by atoms with van der Waals surface area (Å²) in [6.07, 6.45) is 0.422. The van der Waals surface area contributed by atoms with Crippen LogP contribution in [-0.2, 0) is 6.54 Å². The standard InChI is InChI=1S/C15H20ClN3O2/c16-13-3-2-12(14(10-13)18-4-1-5-18)11-17-6-8-19(9-7-17)15(20)21/h2-3,10H,1,4-9,11H2,(H,20,21). The Morgan fingerprint density at radius 2 is 1.86 bits per heavy atom. The highest BCUT2D eigenvalue weighted by Crippen LogP contribution is 2.29. The van der Waals surface area contributed by atoms with Gasteiger partial charge in [-0.05, 0) is 24.1 Å². The zero-order valence-electron chi connectivity index (χ0n) is 12.0. The molecular weight excluding hydrogens is 290 g/mol. The first-order chi connectivity index (χ1) is 10.1. The van der Waals surface area contributed by atoms with Gasteiger partial charge in [0.25, 0.3) is 0 Å². The molecule has 0 atom stereocenters. The van der Waals surface area contributed by atoms with Crippen LogP contribution in [0.4, 0.5) is 10.5 Å². The molecule has 0 saturated carbocycles. The highest BCUT2D eigenvalue weighted by molar-refractivity contribution is 6.30. The first-order valence-corrected chi connectivity index (χ1v) is 7.75. The highest BCUT2D eigenvalue weighted by Gasteiger charge is 2.23. The van der Waals surface area contributed by atoms with Gasteiger partial charge in [0, 0.05) is 56.5 Å². The van der Waals surface area contributed by atoms with Gasteiger partial charge in [-0.3, -0.25) is 4.90 Å². The van der Waals surface area contributed by atoms with Crippen LogP contribution in [0.3, 0.4) is 0 Å². The third kappa shape index (κ3) is 3.24. The first-order valence-electron chi connectivity index (χ1n) is 7.37. The van der Waals surface area contributed by atoms with Crippen molar-refractivity contribution in [3.63, 3.8) is 0 Å². The van der Waals surface area contributed by atoms with Gasteiger partial charge in [-0.2, -0.15) is 0 Å². The monoisotopic (exact) mass is 309 g/mol. The van der Waals surface area contributed by atoms with Crippen molar-refractivity contribution in [3.8, 4) is 0 Å². The van der Waals surface area contributed by atoms with Crippen LogP contribution in [0.1, 0.15) is 12.0 Å². The lowest BCUT2D eigenvalue weighted by molar-refractivity contribution is 0.103. The van der Waals surface area contributed by atoms with Crippen molar-refractivity contribution < 1.29 is 9.90 Å². The largest absolute Gasteiger partial charge is 0.465 e. The summed E-state index contributed by atoms with van der Waals surface area (Å²) < 4.78 is 0. The number of nitrogens with zero attached hydrogens (tertiary/aromatic N) is 3. The number of anilines is 1. The van der Waals surface area contributed by atoms with Crippen molar-refractivity contribution >= 4 is 23.4 Å². The molecule has 5 nitrogen and oxygen atoms in total. The molecule has 2 fully saturated rings. The van der Waals surface area contributed by atoms with Crippen molar-refractivity contribution in [3.05, 3.63) is 28.8 Å². The number of halogens is 1. The molecule has 0 unspecified atom stereocenters. The molecule has 2 saturated heterocycles. The lowest BCUT2D eigenvalue weighted by atomic mass is 10.1. The summed E-state index contributed by atoms with van der Waals surface area (Å²) >= 11 is 6.13. The second-order valence-electron chi connectivity index (χ2n) is 5.66. The number of hydrogen-bond acceptors (Lipinski definition) is 3. The molecule has 0 spiro atoms. The topological polar surface area (TPSA) is 47.0 Å². The molecule has 0 aromatic heterocycles. The van der Waals surface area contributed by atoms with Crippen molar-refractivity contribution in [2.24, 2.45) is 0 Å². The molecule has 3 rings (SSSR count). The number of benzene rings is 1. The average molecular weight is 310 g/mol. The van der Waals surface area contributed by atoms with E-state index in [2.05, 4.69) is 15.9 Å². The molecule has 0 radical (unpaired) electrons. The average Bonchev–Trinajstić information content (AvgIpc) is 2.40. The van der Waals surface area contributed by atoms with E-state index >= 15 is 0 Å². The fourth-order valence-electron chi connectivity index (χ4n) is 2.86. The van der Waals surface area contributed by atoms with E-state index in [1.165, 1.54) is 22.6 Å². The van der Waals surface area contributed by atoms with E-state index in [1.54, 1.807) is 0 Å². The summed E-state index contributed by atoms with van der Waals surface area (Å²) in [4.78, 5) is 17.1. The van der Waals surface area contributed by atoms with Crippen molar-refractivity contribution in [1.82, 2.24) is 9.80 Å². The SMILES string of the molecule is O=C(O)N1CCN(Cc2ccc(Cl)cc2N2CCC2)CC1. The van der Waals surface area contributed by atoms with E-state index in [9.17, 15) is 4.79 Å². The van der Waals surface area contributed by atoms with Crippen molar-refractivity contribution in [2.45, 2.75) is 13.0 Å². The molecule has 21 heavy (non-hydrogen) atoms. The molecule has 1 aromatic carbocycles. The Bertz CT molecular complexity index is 526. The van der Waals surface area contributed by atoms with Gasteiger partial charge in [-0.1, -0.05) is 17.7 Å². The Hall–Kier alpha value is -1.46. The maximum atomic E-state index is 10.9. The van der Waals surface area contributed by atoms with Gasteiger partial charge >= 0.3 is 6.09 Å².